The Kier molecular flexibility index (Phi) is 4.66. The Labute approximate surface area is 83.3 Å². The number of hydrogen-bond donors (Lipinski definition) is 1. The molecule has 0 bridgehead atoms. The summed E-state index contributed by atoms with van der Waals surface area (Å²) in [4.78, 5) is 0. The van der Waals surface area contributed by atoms with E-state index in [-0.39, 0.29) is 5.57 Å². The molecule has 1 N–H and O–H groups in total. The van der Waals surface area contributed by atoms with E-state index in [1.165, 1.54) is 6.92 Å². The predicted molar refractivity (Wildman–Crippen MR) is 42.6 cm³/mol. The summed E-state index contributed by atoms with van der Waals surface area (Å²) in [5, 5.41) is 8.83. The highest BCUT2D eigenvalue weighted by atomic mass is 19.3. The molecule has 15 heavy (non-hydrogen) atoms. The van der Waals surface area contributed by atoms with E-state index in [1.54, 1.807) is 0 Å². The van der Waals surface area contributed by atoms with Crippen molar-refractivity contribution in [1.29, 1.82) is 0 Å². The molecule has 0 rings (SSSR count). The van der Waals surface area contributed by atoms with Crippen molar-refractivity contribution in [2.45, 2.75) is 25.1 Å². The van der Waals surface area contributed by atoms with Gasteiger partial charge in [-0.25, -0.2) is 4.39 Å². The van der Waals surface area contributed by atoms with Gasteiger partial charge in [0.25, 0.3) is 0 Å². The molecule has 0 aliphatic carbocycles. The summed E-state index contributed by atoms with van der Waals surface area (Å²) in [6, 6.07) is 0. The lowest BCUT2D eigenvalue weighted by molar-refractivity contribution is -0.253. The average molecular weight is 234 g/mol. The van der Waals surface area contributed by atoms with Crippen LogP contribution in [0.3, 0.4) is 0 Å². The van der Waals surface area contributed by atoms with Crippen molar-refractivity contribution in [2.75, 3.05) is 13.3 Å². The lowest BCUT2D eigenvalue weighted by Gasteiger charge is -2.25. The Bertz CT molecular complexity index is 229. The molecule has 0 heterocycles. The summed E-state index contributed by atoms with van der Waals surface area (Å²) < 4.78 is 65.3. The van der Waals surface area contributed by atoms with E-state index in [9.17, 15) is 22.0 Å². The molecule has 0 aromatic carbocycles. The Hall–Kier alpha value is -0.690. The zero-order valence-corrected chi connectivity index (χ0v) is 7.94. The summed E-state index contributed by atoms with van der Waals surface area (Å²) in [6.07, 6.45) is -1.77. The van der Waals surface area contributed by atoms with E-state index >= 15 is 0 Å². The molecule has 0 saturated heterocycles. The second-order valence-electron chi connectivity index (χ2n) is 3.05. The maximum absolute atomic E-state index is 12.6. The fraction of sp³-hybridized carbons (Fsp3) is 0.750. The van der Waals surface area contributed by atoms with Gasteiger partial charge in [-0.15, -0.1) is 0 Å². The molecule has 0 amide bonds. The second-order valence-corrected chi connectivity index (χ2v) is 3.05. The van der Waals surface area contributed by atoms with E-state index in [0.29, 0.717) is 0 Å². The van der Waals surface area contributed by atoms with Crippen LogP contribution in [0, 0.1) is 0 Å². The molecule has 1 atom stereocenters. The third-order valence-electron chi connectivity index (χ3n) is 1.55. The standard InChI is InChI=1S/C8H11F5O2/c1-5(2)6(14)15-4-8(12,13)7(10,11)3-9/h6,14H,1,3-4H2,2H3. The highest BCUT2D eigenvalue weighted by molar-refractivity contribution is 4.92. The minimum absolute atomic E-state index is 0.0191. The summed E-state index contributed by atoms with van der Waals surface area (Å²) in [6.45, 7) is 0.143. The highest BCUT2D eigenvalue weighted by Crippen LogP contribution is 2.35. The smallest absolute Gasteiger partial charge is 0.340 e. The second kappa shape index (κ2) is 4.89. The zero-order valence-electron chi connectivity index (χ0n) is 7.94. The van der Waals surface area contributed by atoms with Gasteiger partial charge in [0.1, 0.15) is 6.61 Å². The van der Waals surface area contributed by atoms with Gasteiger partial charge in [0, 0.05) is 0 Å². The maximum atomic E-state index is 12.6. The van der Waals surface area contributed by atoms with E-state index in [2.05, 4.69) is 11.3 Å². The van der Waals surface area contributed by atoms with Gasteiger partial charge in [-0.2, -0.15) is 17.6 Å². The molecular weight excluding hydrogens is 223 g/mol. The largest absolute Gasteiger partial charge is 0.364 e. The molecule has 0 radical (unpaired) electrons. The van der Waals surface area contributed by atoms with Crippen molar-refractivity contribution in [3.63, 3.8) is 0 Å². The lowest BCUT2D eigenvalue weighted by atomic mass is 10.2. The number of rotatable bonds is 6. The number of ether oxygens (including phenoxy) is 1. The predicted octanol–water partition coefficient (Wildman–Crippen LogP) is 2.14. The van der Waals surface area contributed by atoms with E-state index in [4.69, 9.17) is 5.11 Å². The molecule has 2 nitrogen and oxygen atoms in total. The molecular formula is C8H11F5O2. The van der Waals surface area contributed by atoms with Crippen molar-refractivity contribution in [3.8, 4) is 0 Å². The van der Waals surface area contributed by atoms with E-state index in [1.807, 2.05) is 0 Å². The van der Waals surface area contributed by atoms with Gasteiger partial charge in [0.2, 0.25) is 0 Å². The third kappa shape index (κ3) is 3.75. The lowest BCUT2D eigenvalue weighted by Crippen LogP contribution is -2.46. The first-order valence-corrected chi connectivity index (χ1v) is 3.91. The monoisotopic (exact) mass is 234 g/mol. The van der Waals surface area contributed by atoms with Crippen LogP contribution >= 0.6 is 0 Å². The van der Waals surface area contributed by atoms with Crippen LogP contribution < -0.4 is 0 Å². The molecule has 0 fully saturated rings. The van der Waals surface area contributed by atoms with Gasteiger partial charge < -0.3 is 9.84 Å². The van der Waals surface area contributed by atoms with E-state index < -0.39 is 31.4 Å². The average Bonchev–Trinajstić information content (AvgIpc) is 2.13. The molecule has 0 aromatic heterocycles. The van der Waals surface area contributed by atoms with Crippen LogP contribution in [0.2, 0.25) is 0 Å². The summed E-state index contributed by atoms with van der Waals surface area (Å²) >= 11 is 0. The van der Waals surface area contributed by atoms with Crippen LogP contribution in [0.4, 0.5) is 22.0 Å². The Morgan fingerprint density at radius 2 is 1.80 bits per heavy atom. The third-order valence-corrected chi connectivity index (χ3v) is 1.55. The number of hydrogen-bond acceptors (Lipinski definition) is 2. The van der Waals surface area contributed by atoms with E-state index in [0.717, 1.165) is 0 Å². The number of alkyl halides is 5. The van der Waals surface area contributed by atoms with Crippen molar-refractivity contribution in [2.24, 2.45) is 0 Å². The van der Waals surface area contributed by atoms with Crippen molar-refractivity contribution in [1.82, 2.24) is 0 Å². The van der Waals surface area contributed by atoms with Crippen LogP contribution in [-0.4, -0.2) is 36.5 Å². The first kappa shape index (κ1) is 14.3. The quantitative estimate of drug-likeness (QED) is 0.433. The molecule has 1 unspecified atom stereocenters. The molecule has 0 aromatic rings. The highest BCUT2D eigenvalue weighted by Gasteiger charge is 2.56. The van der Waals surface area contributed by atoms with Gasteiger partial charge in [-0.05, 0) is 12.5 Å². The van der Waals surface area contributed by atoms with Crippen molar-refractivity contribution in [3.05, 3.63) is 12.2 Å². The van der Waals surface area contributed by atoms with Crippen LogP contribution in [0.1, 0.15) is 6.92 Å². The van der Waals surface area contributed by atoms with Gasteiger partial charge in [0.15, 0.2) is 13.0 Å². The zero-order chi connectivity index (χ0) is 12.3. The summed E-state index contributed by atoms with van der Waals surface area (Å²) in [7, 11) is 0. The molecule has 0 aliphatic rings. The number of aliphatic hydroxyl groups excluding tert-OH is 1. The minimum atomic E-state index is -4.80. The summed E-state index contributed by atoms with van der Waals surface area (Å²) in [5.74, 6) is -9.47. The Morgan fingerprint density at radius 1 is 1.33 bits per heavy atom. The summed E-state index contributed by atoms with van der Waals surface area (Å²) in [5.41, 5.74) is -0.0191. The molecule has 90 valence electrons. The van der Waals surface area contributed by atoms with Crippen LogP contribution in [0.25, 0.3) is 0 Å². The topological polar surface area (TPSA) is 29.5 Å². The van der Waals surface area contributed by atoms with Gasteiger partial charge in [0.05, 0.1) is 0 Å². The van der Waals surface area contributed by atoms with Crippen LogP contribution in [0.5, 0.6) is 0 Å². The maximum Gasteiger partial charge on any atom is 0.340 e. The Morgan fingerprint density at radius 3 is 2.13 bits per heavy atom. The van der Waals surface area contributed by atoms with Crippen LogP contribution in [-0.2, 0) is 4.74 Å². The molecule has 0 saturated carbocycles. The fourth-order valence-electron chi connectivity index (χ4n) is 0.529. The fourth-order valence-corrected chi connectivity index (χ4v) is 0.529. The number of aliphatic hydroxyl groups is 1. The van der Waals surface area contributed by atoms with Crippen LogP contribution in [0.15, 0.2) is 12.2 Å². The number of halogens is 5. The molecule has 7 heteroatoms. The van der Waals surface area contributed by atoms with Crippen molar-refractivity contribution >= 4 is 0 Å². The molecule has 0 spiro atoms. The Balaban J connectivity index is 4.33. The minimum Gasteiger partial charge on any atom is -0.364 e. The van der Waals surface area contributed by atoms with Crippen molar-refractivity contribution < 1.29 is 31.8 Å². The first-order valence-electron chi connectivity index (χ1n) is 3.91. The van der Waals surface area contributed by atoms with Gasteiger partial charge in [-0.1, -0.05) is 6.58 Å². The first-order chi connectivity index (χ1) is 6.64. The van der Waals surface area contributed by atoms with Gasteiger partial charge in [-0.3, -0.25) is 0 Å². The SMILES string of the molecule is C=C(C)C(O)OCC(F)(F)C(F)(F)CF. The normalized spacial score (nSPS) is 15.1. The van der Waals surface area contributed by atoms with Gasteiger partial charge >= 0.3 is 11.8 Å². The molecule has 0 aliphatic heterocycles.